The van der Waals surface area contributed by atoms with Crippen LogP contribution in [0.4, 0.5) is 0 Å². The quantitative estimate of drug-likeness (QED) is 0.712. The number of esters is 1. The molecule has 9 heteroatoms. The summed E-state index contributed by atoms with van der Waals surface area (Å²) in [6.07, 6.45) is -1.11. The van der Waals surface area contributed by atoms with Crippen molar-refractivity contribution < 1.29 is 19.1 Å². The molecule has 0 saturated carbocycles. The molecule has 27 heavy (non-hydrogen) atoms. The van der Waals surface area contributed by atoms with Crippen LogP contribution in [0.1, 0.15) is 20.8 Å². The van der Waals surface area contributed by atoms with Crippen LogP contribution in [-0.2, 0) is 25.6 Å². The van der Waals surface area contributed by atoms with Crippen molar-refractivity contribution in [1.29, 1.82) is 0 Å². The normalized spacial score (nSPS) is 21.1. The van der Waals surface area contributed by atoms with Crippen molar-refractivity contribution in [3.63, 3.8) is 0 Å². The summed E-state index contributed by atoms with van der Waals surface area (Å²) in [4.78, 5) is 38.7. The summed E-state index contributed by atoms with van der Waals surface area (Å²) < 4.78 is 11.7. The lowest BCUT2D eigenvalue weighted by Crippen LogP contribution is -2.51. The zero-order valence-corrected chi connectivity index (χ0v) is 15.5. The van der Waals surface area contributed by atoms with E-state index in [1.165, 1.54) is 6.92 Å². The molecule has 0 spiro atoms. The van der Waals surface area contributed by atoms with Gasteiger partial charge >= 0.3 is 5.97 Å². The molecule has 0 aliphatic carbocycles. The predicted octanol–water partition coefficient (Wildman–Crippen LogP) is 0.359. The van der Waals surface area contributed by atoms with Crippen LogP contribution in [-0.4, -0.2) is 63.2 Å². The van der Waals surface area contributed by atoms with Crippen LogP contribution in [0.2, 0.25) is 0 Å². The van der Waals surface area contributed by atoms with Gasteiger partial charge in [0.15, 0.2) is 6.10 Å². The molecular weight excluding hydrogens is 352 g/mol. The van der Waals surface area contributed by atoms with Crippen LogP contribution in [0.25, 0.3) is 10.9 Å². The van der Waals surface area contributed by atoms with Crippen LogP contribution in [0.15, 0.2) is 29.1 Å². The van der Waals surface area contributed by atoms with Crippen molar-refractivity contribution in [3.8, 4) is 0 Å². The molecule has 0 radical (unpaired) electrons. The van der Waals surface area contributed by atoms with Gasteiger partial charge in [0.1, 0.15) is 12.1 Å². The molecule has 1 aromatic heterocycles. The van der Waals surface area contributed by atoms with Gasteiger partial charge in [-0.1, -0.05) is 17.3 Å². The molecule has 2 heterocycles. The molecule has 0 N–H and O–H groups in total. The van der Waals surface area contributed by atoms with Crippen LogP contribution in [0.3, 0.4) is 0 Å². The van der Waals surface area contributed by atoms with Crippen LogP contribution in [0.5, 0.6) is 0 Å². The lowest BCUT2D eigenvalue weighted by molar-refractivity contribution is -0.165. The number of rotatable bonds is 4. The van der Waals surface area contributed by atoms with Crippen LogP contribution < -0.4 is 5.56 Å². The highest BCUT2D eigenvalue weighted by Gasteiger charge is 2.30. The predicted molar refractivity (Wildman–Crippen MR) is 95.9 cm³/mol. The van der Waals surface area contributed by atoms with Gasteiger partial charge < -0.3 is 14.4 Å². The third-order valence-electron chi connectivity index (χ3n) is 4.30. The second-order valence-electron chi connectivity index (χ2n) is 6.70. The van der Waals surface area contributed by atoms with Gasteiger partial charge in [-0.3, -0.25) is 14.4 Å². The molecule has 1 aromatic carbocycles. The third kappa shape index (κ3) is 4.30. The van der Waals surface area contributed by atoms with Crippen LogP contribution in [0, 0.1) is 0 Å². The van der Waals surface area contributed by atoms with E-state index in [4.69, 9.17) is 9.47 Å². The van der Waals surface area contributed by atoms with E-state index >= 15 is 0 Å². The first kappa shape index (κ1) is 19.0. The highest BCUT2D eigenvalue weighted by molar-refractivity contribution is 5.83. The molecule has 144 valence electrons. The van der Waals surface area contributed by atoms with Gasteiger partial charge in [-0.25, -0.2) is 0 Å². The average Bonchev–Trinajstić information content (AvgIpc) is 2.62. The summed E-state index contributed by atoms with van der Waals surface area (Å²) in [6, 6.07) is 6.73. The maximum Gasteiger partial charge on any atom is 0.328 e. The summed E-state index contributed by atoms with van der Waals surface area (Å²) in [5.41, 5.74) is 0.0126. The third-order valence-corrected chi connectivity index (χ3v) is 4.30. The van der Waals surface area contributed by atoms with E-state index in [9.17, 15) is 14.4 Å². The summed E-state index contributed by atoms with van der Waals surface area (Å²) in [7, 11) is 0. The number of morpholine rings is 1. The summed E-state index contributed by atoms with van der Waals surface area (Å²) >= 11 is 0. The standard InChI is InChI=1S/C18H22N4O5/c1-11-8-21(9-12(2)26-11)17(24)13(3)27-16(23)10-22-18(25)14-6-4-5-7-15(14)19-20-22/h4-7,11-13H,8-10H2,1-3H3. The minimum Gasteiger partial charge on any atom is -0.451 e. The number of nitrogens with zero attached hydrogens (tertiary/aromatic N) is 4. The molecule has 3 rings (SSSR count). The SMILES string of the molecule is CC1CN(C(=O)C(C)OC(=O)Cn2nnc3ccccc3c2=O)CC(C)O1. The van der Waals surface area contributed by atoms with Crippen molar-refractivity contribution in [3.05, 3.63) is 34.6 Å². The molecule has 3 unspecified atom stereocenters. The number of fused-ring (bicyclic) bond motifs is 1. The molecule has 1 amide bonds. The summed E-state index contributed by atoms with van der Waals surface area (Å²) in [5.74, 6) is -1.01. The van der Waals surface area contributed by atoms with Gasteiger partial charge in [-0.05, 0) is 32.9 Å². The van der Waals surface area contributed by atoms with Crippen molar-refractivity contribution >= 4 is 22.8 Å². The molecule has 1 fully saturated rings. The lowest BCUT2D eigenvalue weighted by Gasteiger charge is -2.36. The van der Waals surface area contributed by atoms with Crippen molar-refractivity contribution in [1.82, 2.24) is 19.9 Å². The highest BCUT2D eigenvalue weighted by Crippen LogP contribution is 2.13. The summed E-state index contributed by atoms with van der Waals surface area (Å²) in [5, 5.41) is 8.03. The smallest absolute Gasteiger partial charge is 0.328 e. The van der Waals surface area contributed by atoms with E-state index in [1.54, 1.807) is 29.2 Å². The Morgan fingerprint density at radius 2 is 1.93 bits per heavy atom. The fourth-order valence-electron chi connectivity index (χ4n) is 3.15. The maximum absolute atomic E-state index is 12.5. The first-order valence-corrected chi connectivity index (χ1v) is 8.81. The van der Waals surface area contributed by atoms with E-state index < -0.39 is 24.2 Å². The van der Waals surface area contributed by atoms with Crippen LogP contribution >= 0.6 is 0 Å². The monoisotopic (exact) mass is 374 g/mol. The highest BCUT2D eigenvalue weighted by atomic mass is 16.5. The van der Waals surface area contributed by atoms with Gasteiger partial charge in [0.2, 0.25) is 0 Å². The number of carbonyl (C=O) groups excluding carboxylic acids is 2. The van der Waals surface area contributed by atoms with Crippen molar-refractivity contribution in [2.24, 2.45) is 0 Å². The van der Waals surface area contributed by atoms with E-state index in [1.807, 2.05) is 13.8 Å². The molecular formula is C18H22N4O5. The number of benzene rings is 1. The number of carbonyl (C=O) groups is 2. The molecule has 3 atom stereocenters. The molecule has 1 saturated heterocycles. The lowest BCUT2D eigenvalue weighted by atomic mass is 10.2. The summed E-state index contributed by atoms with van der Waals surface area (Å²) in [6.45, 7) is 5.76. The Kier molecular flexibility index (Phi) is 5.50. The second-order valence-corrected chi connectivity index (χ2v) is 6.70. The topological polar surface area (TPSA) is 104 Å². The number of hydrogen-bond acceptors (Lipinski definition) is 7. The average molecular weight is 374 g/mol. The maximum atomic E-state index is 12.5. The van der Waals surface area contributed by atoms with Crippen molar-refractivity contribution in [2.45, 2.75) is 45.6 Å². The van der Waals surface area contributed by atoms with Crippen molar-refractivity contribution in [2.75, 3.05) is 13.1 Å². The second kappa shape index (κ2) is 7.83. The fourth-order valence-corrected chi connectivity index (χ4v) is 3.15. The Hall–Kier alpha value is -2.81. The minimum atomic E-state index is -0.959. The van der Waals surface area contributed by atoms with Gasteiger partial charge in [0, 0.05) is 13.1 Å². The Morgan fingerprint density at radius 1 is 1.26 bits per heavy atom. The molecule has 2 aromatic rings. The van der Waals surface area contributed by atoms with Gasteiger partial charge in [0.05, 0.1) is 17.6 Å². The molecule has 0 bridgehead atoms. The zero-order valence-electron chi connectivity index (χ0n) is 15.5. The Bertz CT molecular complexity index is 902. The van der Waals surface area contributed by atoms with E-state index in [2.05, 4.69) is 10.3 Å². The van der Waals surface area contributed by atoms with Gasteiger partial charge in [-0.15, -0.1) is 5.10 Å². The molecule has 1 aliphatic rings. The first-order chi connectivity index (χ1) is 12.8. The number of ether oxygens (including phenoxy) is 2. The zero-order chi connectivity index (χ0) is 19.6. The minimum absolute atomic E-state index is 0.0768. The largest absolute Gasteiger partial charge is 0.451 e. The van der Waals surface area contributed by atoms with Gasteiger partial charge in [0.25, 0.3) is 11.5 Å². The number of aromatic nitrogens is 3. The number of hydrogen-bond donors (Lipinski definition) is 0. The van der Waals surface area contributed by atoms with E-state index in [0.29, 0.717) is 24.0 Å². The van der Waals surface area contributed by atoms with Gasteiger partial charge in [-0.2, -0.15) is 4.68 Å². The number of amides is 1. The molecule has 1 aliphatic heterocycles. The molecule has 9 nitrogen and oxygen atoms in total. The Labute approximate surface area is 155 Å². The first-order valence-electron chi connectivity index (χ1n) is 8.81. The van der Waals surface area contributed by atoms with E-state index in [0.717, 1.165) is 4.68 Å². The Morgan fingerprint density at radius 3 is 2.63 bits per heavy atom. The fraction of sp³-hybridized carbons (Fsp3) is 0.500. The van der Waals surface area contributed by atoms with E-state index in [-0.39, 0.29) is 18.1 Å². The Balaban J connectivity index is 1.64.